The van der Waals surface area contributed by atoms with E-state index < -0.39 is 30.6 Å². The van der Waals surface area contributed by atoms with Crippen LogP contribution in [0.1, 0.15) is 12.8 Å². The van der Waals surface area contributed by atoms with E-state index in [9.17, 15) is 9.59 Å². The molecule has 2 unspecified atom stereocenters. The van der Waals surface area contributed by atoms with Crippen molar-refractivity contribution < 1.29 is 24.9 Å². The highest BCUT2D eigenvalue weighted by Gasteiger charge is 2.15. The molecule has 7 nitrogen and oxygen atoms in total. The van der Waals surface area contributed by atoms with E-state index in [-0.39, 0.29) is 19.4 Å². The van der Waals surface area contributed by atoms with Crippen LogP contribution in [0.4, 0.5) is 0 Å². The van der Waals surface area contributed by atoms with Crippen molar-refractivity contribution in [1.29, 1.82) is 0 Å². The number of carbonyl (C=O) groups is 2. The minimum absolute atomic E-state index is 0.0381. The van der Waals surface area contributed by atoms with E-state index in [1.807, 2.05) is 0 Å². The summed E-state index contributed by atoms with van der Waals surface area (Å²) in [6.07, 6.45) is -1.17. The summed E-state index contributed by atoms with van der Waals surface area (Å²) in [7, 11) is 0. The lowest BCUT2D eigenvalue weighted by molar-refractivity contribution is -0.137. The summed E-state index contributed by atoms with van der Waals surface area (Å²) in [5.74, 6) is -1.56. The first-order chi connectivity index (χ1) is 6.97. The fourth-order valence-electron chi connectivity index (χ4n) is 0.824. The van der Waals surface area contributed by atoms with E-state index in [1.165, 1.54) is 0 Å². The van der Waals surface area contributed by atoms with Crippen LogP contribution in [0.3, 0.4) is 0 Å². The highest BCUT2D eigenvalue weighted by atomic mass is 16.4. The van der Waals surface area contributed by atoms with E-state index in [2.05, 4.69) is 5.32 Å². The number of nitrogens with one attached hydrogen (secondary N) is 1. The number of aliphatic hydroxyl groups is 2. The maximum absolute atomic E-state index is 11.2. The van der Waals surface area contributed by atoms with Gasteiger partial charge in [0.05, 0.1) is 18.8 Å². The van der Waals surface area contributed by atoms with E-state index in [0.29, 0.717) is 0 Å². The van der Waals surface area contributed by atoms with Crippen molar-refractivity contribution >= 4 is 11.9 Å². The molecule has 0 aliphatic rings. The molecular weight excluding hydrogens is 204 g/mol. The van der Waals surface area contributed by atoms with Gasteiger partial charge in [-0.05, 0) is 6.42 Å². The SMILES string of the molecule is NC(CCC(=O)O)C(=O)NCC(O)CO. The third-order valence-electron chi connectivity index (χ3n) is 1.73. The number of aliphatic hydroxyl groups excluding tert-OH is 2. The Bertz CT molecular complexity index is 221. The Balaban J connectivity index is 3.74. The smallest absolute Gasteiger partial charge is 0.303 e. The normalized spacial score (nSPS) is 14.3. The number of nitrogens with two attached hydrogens (primary N) is 1. The van der Waals surface area contributed by atoms with Gasteiger partial charge in [0.2, 0.25) is 5.91 Å². The van der Waals surface area contributed by atoms with Crippen molar-refractivity contribution in [2.75, 3.05) is 13.2 Å². The van der Waals surface area contributed by atoms with Crippen molar-refractivity contribution in [3.8, 4) is 0 Å². The molecule has 6 N–H and O–H groups in total. The van der Waals surface area contributed by atoms with E-state index in [4.69, 9.17) is 21.1 Å². The predicted molar refractivity (Wildman–Crippen MR) is 50.9 cm³/mol. The van der Waals surface area contributed by atoms with Gasteiger partial charge in [-0.2, -0.15) is 0 Å². The molecule has 1 amide bonds. The van der Waals surface area contributed by atoms with E-state index >= 15 is 0 Å². The molecule has 0 aromatic rings. The average Bonchev–Trinajstić information content (AvgIpc) is 2.21. The maximum Gasteiger partial charge on any atom is 0.303 e. The molecular formula is C8H16N2O5. The number of hydrogen-bond donors (Lipinski definition) is 5. The van der Waals surface area contributed by atoms with Gasteiger partial charge in [-0.25, -0.2) is 0 Å². The van der Waals surface area contributed by atoms with Gasteiger partial charge in [0, 0.05) is 13.0 Å². The summed E-state index contributed by atoms with van der Waals surface area (Å²) in [5.41, 5.74) is 5.37. The average molecular weight is 220 g/mol. The Hall–Kier alpha value is -1.18. The number of carbonyl (C=O) groups excluding carboxylic acids is 1. The third-order valence-corrected chi connectivity index (χ3v) is 1.73. The zero-order valence-corrected chi connectivity index (χ0v) is 8.22. The lowest BCUT2D eigenvalue weighted by Gasteiger charge is -2.13. The van der Waals surface area contributed by atoms with Crippen molar-refractivity contribution in [2.45, 2.75) is 25.0 Å². The highest BCUT2D eigenvalue weighted by molar-refractivity contribution is 5.82. The number of carboxylic acids is 1. The van der Waals surface area contributed by atoms with Gasteiger partial charge in [0.25, 0.3) is 0 Å². The van der Waals surface area contributed by atoms with E-state index in [1.54, 1.807) is 0 Å². The summed E-state index contributed by atoms with van der Waals surface area (Å²) >= 11 is 0. The Morgan fingerprint density at radius 1 is 1.40 bits per heavy atom. The Kier molecular flexibility index (Phi) is 6.59. The summed E-state index contributed by atoms with van der Waals surface area (Å²) < 4.78 is 0. The Morgan fingerprint density at radius 2 is 2.00 bits per heavy atom. The molecule has 88 valence electrons. The minimum atomic E-state index is -1.03. The second kappa shape index (κ2) is 7.16. The summed E-state index contributed by atoms with van der Waals surface area (Å²) in [6.45, 7) is -0.555. The molecule has 2 atom stereocenters. The molecule has 15 heavy (non-hydrogen) atoms. The highest BCUT2D eigenvalue weighted by Crippen LogP contribution is 1.94. The van der Waals surface area contributed by atoms with Crippen LogP contribution in [-0.4, -0.2) is 52.5 Å². The minimum Gasteiger partial charge on any atom is -0.481 e. The first kappa shape index (κ1) is 13.8. The van der Waals surface area contributed by atoms with Crippen molar-refractivity contribution in [1.82, 2.24) is 5.32 Å². The predicted octanol–water partition coefficient (Wildman–Crippen LogP) is -2.35. The molecule has 0 rings (SSSR count). The number of rotatable bonds is 7. The lowest BCUT2D eigenvalue weighted by atomic mass is 10.1. The van der Waals surface area contributed by atoms with Crippen molar-refractivity contribution in [3.05, 3.63) is 0 Å². The Labute approximate surface area is 86.9 Å². The Morgan fingerprint density at radius 3 is 2.47 bits per heavy atom. The van der Waals surface area contributed by atoms with Crippen LogP contribution in [-0.2, 0) is 9.59 Å². The first-order valence-corrected chi connectivity index (χ1v) is 4.51. The van der Waals surface area contributed by atoms with Gasteiger partial charge in [0.1, 0.15) is 0 Å². The van der Waals surface area contributed by atoms with Crippen LogP contribution in [0.5, 0.6) is 0 Å². The molecule has 0 radical (unpaired) electrons. The first-order valence-electron chi connectivity index (χ1n) is 4.51. The molecule has 7 heteroatoms. The van der Waals surface area contributed by atoms with Crippen LogP contribution in [0.25, 0.3) is 0 Å². The topological polar surface area (TPSA) is 133 Å². The molecule has 0 fully saturated rings. The zero-order chi connectivity index (χ0) is 11.8. The van der Waals surface area contributed by atoms with Crippen LogP contribution >= 0.6 is 0 Å². The molecule has 0 aromatic heterocycles. The molecule has 0 aromatic carbocycles. The maximum atomic E-state index is 11.2. The molecule has 0 heterocycles. The van der Waals surface area contributed by atoms with Crippen molar-refractivity contribution in [2.24, 2.45) is 5.73 Å². The van der Waals surface area contributed by atoms with Gasteiger partial charge in [-0.15, -0.1) is 0 Å². The number of aliphatic carboxylic acids is 1. The summed E-state index contributed by atoms with van der Waals surface area (Å²) in [6, 6.07) is -0.910. The lowest BCUT2D eigenvalue weighted by Crippen LogP contribution is -2.44. The number of amides is 1. The van der Waals surface area contributed by atoms with Gasteiger partial charge < -0.3 is 26.4 Å². The standard InChI is InChI=1S/C8H16N2O5/c9-6(1-2-7(13)14)8(15)10-3-5(12)4-11/h5-6,11-12H,1-4,9H2,(H,10,15)(H,13,14). The van der Waals surface area contributed by atoms with Crippen LogP contribution in [0, 0.1) is 0 Å². The third kappa shape index (κ3) is 6.83. The molecule has 0 aliphatic carbocycles. The fourth-order valence-corrected chi connectivity index (χ4v) is 0.824. The molecule has 0 aliphatic heterocycles. The van der Waals surface area contributed by atoms with Gasteiger partial charge in [0.15, 0.2) is 0 Å². The van der Waals surface area contributed by atoms with Gasteiger partial charge in [-0.3, -0.25) is 9.59 Å². The number of carboxylic acid groups (broad SMARTS) is 1. The second-order valence-electron chi connectivity index (χ2n) is 3.12. The van der Waals surface area contributed by atoms with Crippen LogP contribution in [0.15, 0.2) is 0 Å². The van der Waals surface area contributed by atoms with Gasteiger partial charge >= 0.3 is 5.97 Å². The van der Waals surface area contributed by atoms with Crippen LogP contribution in [0.2, 0.25) is 0 Å². The largest absolute Gasteiger partial charge is 0.481 e. The zero-order valence-electron chi connectivity index (χ0n) is 8.22. The monoisotopic (exact) mass is 220 g/mol. The second-order valence-corrected chi connectivity index (χ2v) is 3.12. The molecule has 0 bridgehead atoms. The van der Waals surface area contributed by atoms with E-state index in [0.717, 1.165) is 0 Å². The molecule has 0 spiro atoms. The summed E-state index contributed by atoms with van der Waals surface area (Å²) in [4.78, 5) is 21.3. The molecule has 0 saturated carbocycles. The number of hydrogen-bond acceptors (Lipinski definition) is 5. The van der Waals surface area contributed by atoms with Crippen LogP contribution < -0.4 is 11.1 Å². The summed E-state index contributed by atoms with van der Waals surface area (Å²) in [5, 5.41) is 28.0. The fraction of sp³-hybridized carbons (Fsp3) is 0.750. The quantitative estimate of drug-likeness (QED) is 0.326. The van der Waals surface area contributed by atoms with Crippen molar-refractivity contribution in [3.63, 3.8) is 0 Å². The van der Waals surface area contributed by atoms with Gasteiger partial charge in [-0.1, -0.05) is 0 Å². The molecule has 0 saturated heterocycles.